The predicted molar refractivity (Wildman–Crippen MR) is 146 cm³/mol. The van der Waals surface area contributed by atoms with Gasteiger partial charge in [0, 0.05) is 28.7 Å². The maximum atomic E-state index is 13.3. The summed E-state index contributed by atoms with van der Waals surface area (Å²) in [6.45, 7) is 1.72. The van der Waals surface area contributed by atoms with E-state index in [-0.39, 0.29) is 11.9 Å². The lowest BCUT2D eigenvalue weighted by molar-refractivity contribution is 0.296. The monoisotopic (exact) mass is 508 g/mol. The summed E-state index contributed by atoms with van der Waals surface area (Å²) in [5.41, 5.74) is 6.78. The molecule has 38 heavy (non-hydrogen) atoms. The summed E-state index contributed by atoms with van der Waals surface area (Å²) in [5.74, 6) is 1.94. The molecule has 0 amide bonds. The van der Waals surface area contributed by atoms with Gasteiger partial charge in [0.2, 0.25) is 0 Å². The van der Waals surface area contributed by atoms with Crippen molar-refractivity contribution in [3.05, 3.63) is 125 Å². The van der Waals surface area contributed by atoms with E-state index in [9.17, 15) is 4.39 Å². The Morgan fingerprint density at radius 1 is 0.842 bits per heavy atom. The first-order valence-electron chi connectivity index (χ1n) is 12.8. The van der Waals surface area contributed by atoms with Gasteiger partial charge in [-0.1, -0.05) is 36.4 Å². The molecular formula is C32H29FN2O3. The van der Waals surface area contributed by atoms with Gasteiger partial charge in [0.15, 0.2) is 0 Å². The number of fused-ring (bicyclic) bond motifs is 3. The second-order valence-electron chi connectivity index (χ2n) is 9.45. The van der Waals surface area contributed by atoms with E-state index in [1.165, 1.54) is 28.8 Å². The fraction of sp³-hybridized carbons (Fsp3) is 0.188. The third-order valence-corrected chi connectivity index (χ3v) is 7.02. The second-order valence-corrected chi connectivity index (χ2v) is 9.45. The average molecular weight is 509 g/mol. The van der Waals surface area contributed by atoms with E-state index in [2.05, 4.69) is 46.7 Å². The number of methoxy groups -OCH3 is 1. The molecule has 192 valence electrons. The van der Waals surface area contributed by atoms with Crippen molar-refractivity contribution in [2.75, 3.05) is 13.7 Å². The van der Waals surface area contributed by atoms with Gasteiger partial charge in [-0.2, -0.15) is 0 Å². The standard InChI is InChI=1S/C32H29FN2O3/c1-36-30-14-7-22(17-23(30)20-38-25-10-8-24(33)9-11-25)31-32-27(15-16-34-31)28-18-26(12-13-29(28)35-32)37-19-21-5-3-2-4-6-21/h2-14,17-18,31,34-35H,15-16,19-20H2,1H3/t31-/m1/s1. The molecule has 0 fully saturated rings. The number of aromatic amines is 1. The van der Waals surface area contributed by atoms with Crippen molar-refractivity contribution in [1.82, 2.24) is 10.3 Å². The van der Waals surface area contributed by atoms with Crippen molar-refractivity contribution >= 4 is 10.9 Å². The highest BCUT2D eigenvalue weighted by Gasteiger charge is 2.26. The summed E-state index contributed by atoms with van der Waals surface area (Å²) in [7, 11) is 1.66. The molecule has 0 unspecified atom stereocenters. The zero-order valence-electron chi connectivity index (χ0n) is 21.2. The fourth-order valence-corrected chi connectivity index (χ4v) is 5.10. The molecule has 1 aromatic heterocycles. The molecule has 0 spiro atoms. The van der Waals surface area contributed by atoms with Gasteiger partial charge in [-0.3, -0.25) is 0 Å². The van der Waals surface area contributed by atoms with E-state index in [0.717, 1.165) is 46.7 Å². The zero-order valence-corrected chi connectivity index (χ0v) is 21.2. The molecule has 2 N–H and O–H groups in total. The number of nitrogens with one attached hydrogen (secondary N) is 2. The maximum absolute atomic E-state index is 13.3. The smallest absolute Gasteiger partial charge is 0.125 e. The molecule has 1 aliphatic heterocycles. The van der Waals surface area contributed by atoms with Gasteiger partial charge in [0.05, 0.1) is 13.2 Å². The Labute approximate surface area is 221 Å². The lowest BCUT2D eigenvalue weighted by atomic mass is 9.93. The van der Waals surface area contributed by atoms with Crippen LogP contribution in [0.3, 0.4) is 0 Å². The molecule has 0 radical (unpaired) electrons. The van der Waals surface area contributed by atoms with Crippen LogP contribution in [0.5, 0.6) is 17.2 Å². The van der Waals surface area contributed by atoms with Crippen molar-refractivity contribution < 1.29 is 18.6 Å². The van der Waals surface area contributed by atoms with Crippen LogP contribution in [-0.2, 0) is 19.6 Å². The highest BCUT2D eigenvalue weighted by Crippen LogP contribution is 2.36. The van der Waals surface area contributed by atoms with Crippen LogP contribution in [0.15, 0.2) is 91.0 Å². The minimum Gasteiger partial charge on any atom is -0.496 e. The fourth-order valence-electron chi connectivity index (χ4n) is 5.10. The number of hydrogen-bond donors (Lipinski definition) is 2. The van der Waals surface area contributed by atoms with Crippen LogP contribution in [0.4, 0.5) is 4.39 Å². The number of halogens is 1. The number of aromatic nitrogens is 1. The third-order valence-electron chi connectivity index (χ3n) is 7.02. The normalized spacial score (nSPS) is 14.7. The largest absolute Gasteiger partial charge is 0.496 e. The van der Waals surface area contributed by atoms with Gasteiger partial charge in [0.1, 0.15) is 36.3 Å². The number of rotatable bonds is 8. The Balaban J connectivity index is 1.26. The minimum atomic E-state index is -0.288. The summed E-state index contributed by atoms with van der Waals surface area (Å²) in [4.78, 5) is 3.66. The number of benzene rings is 4. The Bertz CT molecular complexity index is 1550. The van der Waals surface area contributed by atoms with Crippen molar-refractivity contribution in [2.24, 2.45) is 0 Å². The quantitative estimate of drug-likeness (QED) is 0.245. The minimum absolute atomic E-state index is 0.00955. The molecule has 6 rings (SSSR count). The number of hydrogen-bond acceptors (Lipinski definition) is 4. The van der Waals surface area contributed by atoms with E-state index in [0.29, 0.717) is 19.0 Å². The SMILES string of the molecule is COc1ccc([C@H]2NCCc3c2[nH]c2ccc(OCc4ccccc4)cc32)cc1COc1ccc(F)cc1. The Morgan fingerprint density at radius 3 is 2.45 bits per heavy atom. The van der Waals surface area contributed by atoms with Crippen LogP contribution in [0, 0.1) is 5.82 Å². The predicted octanol–water partition coefficient (Wildman–Crippen LogP) is 6.71. The van der Waals surface area contributed by atoms with Crippen LogP contribution < -0.4 is 19.5 Å². The Morgan fingerprint density at radius 2 is 1.63 bits per heavy atom. The number of ether oxygens (including phenoxy) is 3. The first-order chi connectivity index (χ1) is 18.7. The molecule has 5 aromatic rings. The van der Waals surface area contributed by atoms with E-state index in [1.807, 2.05) is 30.3 Å². The van der Waals surface area contributed by atoms with Gasteiger partial charge in [-0.05, 0) is 77.7 Å². The Hall–Kier alpha value is -4.29. The average Bonchev–Trinajstić information content (AvgIpc) is 3.34. The molecule has 0 bridgehead atoms. The van der Waals surface area contributed by atoms with Gasteiger partial charge in [-0.15, -0.1) is 0 Å². The van der Waals surface area contributed by atoms with Crippen LogP contribution in [-0.4, -0.2) is 18.6 Å². The number of H-pyrrole nitrogens is 1. The molecule has 6 heteroatoms. The Kier molecular flexibility index (Phi) is 6.71. The molecule has 2 heterocycles. The summed E-state index contributed by atoms with van der Waals surface area (Å²) >= 11 is 0. The third kappa shape index (κ3) is 4.95. The van der Waals surface area contributed by atoms with E-state index in [4.69, 9.17) is 14.2 Å². The van der Waals surface area contributed by atoms with Gasteiger partial charge >= 0.3 is 0 Å². The van der Waals surface area contributed by atoms with Gasteiger partial charge in [-0.25, -0.2) is 4.39 Å². The first kappa shape index (κ1) is 24.1. The lowest BCUT2D eigenvalue weighted by Gasteiger charge is -2.25. The van der Waals surface area contributed by atoms with Crippen LogP contribution >= 0.6 is 0 Å². The van der Waals surface area contributed by atoms with Crippen LogP contribution in [0.2, 0.25) is 0 Å². The zero-order chi connectivity index (χ0) is 25.9. The summed E-state index contributed by atoms with van der Waals surface area (Å²) < 4.78 is 30.9. The molecule has 0 saturated heterocycles. The molecule has 0 saturated carbocycles. The highest BCUT2D eigenvalue weighted by atomic mass is 19.1. The van der Waals surface area contributed by atoms with Gasteiger partial charge < -0.3 is 24.5 Å². The molecule has 1 atom stereocenters. The lowest BCUT2D eigenvalue weighted by Crippen LogP contribution is -2.30. The second kappa shape index (κ2) is 10.6. The molecular weight excluding hydrogens is 479 g/mol. The molecule has 1 aliphatic rings. The molecule has 4 aromatic carbocycles. The van der Waals surface area contributed by atoms with E-state index >= 15 is 0 Å². The van der Waals surface area contributed by atoms with Gasteiger partial charge in [0.25, 0.3) is 0 Å². The van der Waals surface area contributed by atoms with Crippen LogP contribution in [0.1, 0.15) is 34.0 Å². The molecule has 5 nitrogen and oxygen atoms in total. The van der Waals surface area contributed by atoms with E-state index < -0.39 is 0 Å². The maximum Gasteiger partial charge on any atom is 0.125 e. The summed E-state index contributed by atoms with van der Waals surface area (Å²) in [6.07, 6.45) is 0.935. The van der Waals surface area contributed by atoms with Crippen molar-refractivity contribution in [3.63, 3.8) is 0 Å². The first-order valence-corrected chi connectivity index (χ1v) is 12.8. The van der Waals surface area contributed by atoms with Crippen molar-refractivity contribution in [3.8, 4) is 17.2 Å². The van der Waals surface area contributed by atoms with E-state index in [1.54, 1.807) is 19.2 Å². The topological polar surface area (TPSA) is 55.5 Å². The highest BCUT2D eigenvalue weighted by molar-refractivity contribution is 5.86. The van der Waals surface area contributed by atoms with Crippen molar-refractivity contribution in [1.29, 1.82) is 0 Å². The molecule has 0 aliphatic carbocycles. The summed E-state index contributed by atoms with van der Waals surface area (Å²) in [5, 5.41) is 4.87. The van der Waals surface area contributed by atoms with Crippen molar-refractivity contribution in [2.45, 2.75) is 25.7 Å². The van der Waals surface area contributed by atoms with Crippen LogP contribution in [0.25, 0.3) is 10.9 Å². The summed E-state index contributed by atoms with van der Waals surface area (Å²) in [6, 6.07) is 28.7.